The van der Waals surface area contributed by atoms with Gasteiger partial charge in [-0.2, -0.15) is 0 Å². The Morgan fingerprint density at radius 2 is 0.758 bits per heavy atom. The molecule has 12 rings (SSSR count). The zero-order valence-corrected chi connectivity index (χ0v) is 65.1. The fraction of sp³-hybridized carbons (Fsp3) is 0.273. The van der Waals surface area contributed by atoms with Gasteiger partial charge in [-0.3, -0.25) is 80.5 Å². The Balaban J connectivity index is 0.000000182. The van der Waals surface area contributed by atoms with Gasteiger partial charge in [-0.1, -0.05) is 42.0 Å². The number of carbonyl (C=O) groups excluding carboxylic acids is 8. The zero-order valence-electron chi connectivity index (χ0n) is 65.1. The predicted octanol–water partition coefficient (Wildman–Crippen LogP) is 9.79. The van der Waals surface area contributed by atoms with Crippen molar-refractivity contribution in [1.82, 2.24) is 41.5 Å². The van der Waals surface area contributed by atoms with Crippen LogP contribution in [0.2, 0.25) is 0 Å². The number of carbonyl (C=O) groups is 8. The van der Waals surface area contributed by atoms with Gasteiger partial charge in [-0.15, -0.1) is 0 Å². The third-order valence-electron chi connectivity index (χ3n) is 19.6. The lowest BCUT2D eigenvalue weighted by Gasteiger charge is -2.36. The van der Waals surface area contributed by atoms with E-state index in [4.69, 9.17) is 25.6 Å². The summed E-state index contributed by atoms with van der Waals surface area (Å²) >= 11 is 0. The van der Waals surface area contributed by atoms with Crippen LogP contribution in [0.3, 0.4) is 0 Å². The molecule has 8 aromatic carbocycles. The normalized spacial score (nSPS) is 13.7. The van der Waals surface area contributed by atoms with E-state index in [0.717, 1.165) is 76.1 Å². The highest BCUT2D eigenvalue weighted by atomic mass is 19.1. The molecule has 0 radical (unpaired) electrons. The molecule has 0 atom stereocenters. The highest BCUT2D eigenvalue weighted by Gasteiger charge is 2.33. The molecular weight excluding hydrogens is 1580 g/mol. The van der Waals surface area contributed by atoms with Crippen LogP contribution in [0.4, 0.5) is 96.2 Å². The molecule has 632 valence electrons. The summed E-state index contributed by atoms with van der Waals surface area (Å²) in [7, 11) is 1.55. The second kappa shape index (κ2) is 41.0. The number of piperazine rings is 4. The minimum Gasteiger partial charge on any atom is -0.497 e. The number of hydrogen-bond donors (Lipinski definition) is 12. The number of ether oxygens (including phenoxy) is 1. The Kier molecular flexibility index (Phi) is 30.4. The van der Waals surface area contributed by atoms with Crippen molar-refractivity contribution in [3.8, 4) is 5.75 Å². The van der Waals surface area contributed by atoms with E-state index in [-0.39, 0.29) is 101 Å². The molecule has 0 saturated carbocycles. The van der Waals surface area contributed by atoms with Crippen LogP contribution < -0.4 is 67.5 Å². The maximum absolute atomic E-state index is 13.7. The number of urea groups is 4. The first kappa shape index (κ1) is 89.0. The molecule has 12 amide bonds. The van der Waals surface area contributed by atoms with Gasteiger partial charge in [-0.05, 0) is 111 Å². The van der Waals surface area contributed by atoms with Gasteiger partial charge in [-0.25, -0.2) is 49.9 Å². The number of hydrogen-bond acceptors (Lipinski definition) is 25. The number of para-hydroxylation sites is 1. The van der Waals surface area contributed by atoms with E-state index in [9.17, 15) is 87.6 Å². The number of benzene rings is 8. The Hall–Kier alpha value is -15.0. The van der Waals surface area contributed by atoms with Crippen LogP contribution >= 0.6 is 0 Å². The maximum atomic E-state index is 13.7. The van der Waals surface area contributed by atoms with Gasteiger partial charge < -0.3 is 65.2 Å². The molecule has 43 heteroatoms. The fourth-order valence-electron chi connectivity index (χ4n) is 13.2. The van der Waals surface area contributed by atoms with Crippen molar-refractivity contribution in [1.29, 1.82) is 0 Å². The molecule has 41 nitrogen and oxygen atoms in total. The molecule has 0 bridgehead atoms. The number of nitro groups is 4. The monoisotopic (exact) mass is 1660 g/mol. The summed E-state index contributed by atoms with van der Waals surface area (Å²) in [6.45, 7) is 13.5. The molecule has 0 aliphatic carbocycles. The third-order valence-corrected chi connectivity index (χ3v) is 19.6. The summed E-state index contributed by atoms with van der Waals surface area (Å²) in [5.41, 5.74) is 12.2. The van der Waals surface area contributed by atoms with Gasteiger partial charge in [0.2, 0.25) is 0 Å². The van der Waals surface area contributed by atoms with Gasteiger partial charge in [0.25, 0.3) is 46.4 Å². The van der Waals surface area contributed by atoms with Gasteiger partial charge in [0.05, 0.1) is 55.0 Å². The molecule has 0 spiro atoms. The number of rotatable bonds is 17. The quantitative estimate of drug-likeness (QED) is 0.0229. The van der Waals surface area contributed by atoms with Crippen LogP contribution in [0.25, 0.3) is 0 Å². The minimum absolute atomic E-state index is 0.000110. The molecular formula is C77H84F2N20O21. The van der Waals surface area contributed by atoms with E-state index >= 15 is 0 Å². The summed E-state index contributed by atoms with van der Waals surface area (Å²) in [5.74, 6) is -4.21. The van der Waals surface area contributed by atoms with Crippen LogP contribution in [0.5, 0.6) is 5.75 Å². The summed E-state index contributed by atoms with van der Waals surface area (Å²) < 4.78 is 32.1. The van der Waals surface area contributed by atoms with Gasteiger partial charge in [0.1, 0.15) is 28.8 Å². The number of aryl methyl sites for hydroxylation is 4. The predicted molar refractivity (Wildman–Crippen MR) is 432 cm³/mol. The first-order chi connectivity index (χ1) is 57.3. The molecule has 4 heterocycles. The van der Waals surface area contributed by atoms with Crippen LogP contribution in [0.1, 0.15) is 63.7 Å². The number of nitrogens with zero attached hydrogens (tertiary/aromatic N) is 12. The Morgan fingerprint density at radius 1 is 0.375 bits per heavy atom. The number of methoxy groups -OCH3 is 1. The minimum atomic E-state index is -0.879. The molecule has 12 N–H and O–H groups in total. The van der Waals surface area contributed by atoms with Crippen molar-refractivity contribution >= 4 is 116 Å². The van der Waals surface area contributed by atoms with Crippen molar-refractivity contribution in [2.45, 2.75) is 27.7 Å². The lowest BCUT2D eigenvalue weighted by Crippen LogP contribution is -2.50. The number of anilines is 8. The fourth-order valence-corrected chi connectivity index (χ4v) is 13.2. The van der Waals surface area contributed by atoms with E-state index in [1.807, 2.05) is 78.8 Å². The molecule has 4 aliphatic heterocycles. The van der Waals surface area contributed by atoms with Crippen molar-refractivity contribution < 1.29 is 92.4 Å². The van der Waals surface area contributed by atoms with Crippen molar-refractivity contribution in [3.63, 3.8) is 0 Å². The number of amides is 12. The van der Waals surface area contributed by atoms with Crippen molar-refractivity contribution in [2.75, 3.05) is 153 Å². The van der Waals surface area contributed by atoms with E-state index < -0.39 is 61.0 Å². The molecule has 4 aliphatic rings. The summed E-state index contributed by atoms with van der Waals surface area (Å²) in [4.78, 5) is 153. The Labute approximate surface area is 681 Å². The number of hydroxylamine groups is 4. The topological polar surface area (TPSA) is 521 Å². The third kappa shape index (κ3) is 22.8. The second-order valence-corrected chi connectivity index (χ2v) is 27.2. The standard InChI is InChI=1S/2C20H23N5O5.C19H21N5O6.C18H17F2N5O5/c1-13-3-5-17(14(2)11-13)21-20(27)24-9-7-23(8-10-24)18-6-4-15(25(29)30)12-16(18)19(26)22-28;1-13-4-3-5-14(2)18(13)21-20(27)24-10-8-23(9-11-24)16-7-6-15(19(26)22-28)12-17(16)25(29)30;1-30-15-4-2-3-13(11-15)20-19(26)23-9-7-22(8-10-23)17-6-5-14(24(28)29)12-16(17)18(25)21-27;19-12-2-3-13(20)14(10-12)21-18(27)24-7-5-23(6-8-24)15-4-1-11(17(26)22-28)9-16(15)25(29)30/h3-6,11-12,28H,7-10H2,1-2H3,(H,21,27)(H,22,26);3-7,12,28H,8-11H2,1-2H3,(H,21,27)(H,22,26);2-6,11-12,27H,7-10H2,1H3,(H,20,26)(H,21,25);1-4,9-10,28H,5-8H2,(H,21,27)(H,22,26). The molecule has 4 fully saturated rings. The maximum Gasteiger partial charge on any atom is 0.322 e. The second-order valence-electron chi connectivity index (χ2n) is 27.2. The van der Waals surface area contributed by atoms with Crippen LogP contribution in [-0.4, -0.2) is 220 Å². The van der Waals surface area contributed by atoms with Gasteiger partial charge in [0, 0.05) is 181 Å². The summed E-state index contributed by atoms with van der Waals surface area (Å²) in [6, 6.07) is 35.6. The SMILES string of the molecule is COc1cccc(NC(=O)N2CCN(c3ccc([N+](=O)[O-])cc3C(=O)NO)CC2)c1.Cc1ccc(NC(=O)N2CCN(c3ccc([N+](=O)[O-])cc3C(=O)NO)CC2)c(C)c1.Cc1cccc(C)c1NC(=O)N1CCN(c2ccc(C(=O)NO)cc2[N+](=O)[O-])CC1.O=C(NO)c1ccc(N2CCN(C(=O)Nc3cc(F)ccc3F)CC2)c([N+](=O)[O-])c1. The lowest BCUT2D eigenvalue weighted by atomic mass is 10.1. The number of nitrogens with one attached hydrogen (secondary N) is 8. The van der Waals surface area contributed by atoms with Crippen molar-refractivity contribution in [2.24, 2.45) is 0 Å². The Bertz CT molecular complexity index is 5170. The summed E-state index contributed by atoms with van der Waals surface area (Å²) in [5, 5.41) is 91.3. The first-order valence-corrected chi connectivity index (χ1v) is 36.7. The van der Waals surface area contributed by atoms with E-state index in [1.54, 1.807) is 51.0 Å². The number of non-ortho nitro benzene ring substituents is 2. The average molecular weight is 1660 g/mol. The largest absolute Gasteiger partial charge is 0.497 e. The number of halogens is 2. The van der Waals surface area contributed by atoms with Crippen LogP contribution in [0, 0.1) is 79.8 Å². The lowest BCUT2D eigenvalue weighted by molar-refractivity contribution is -0.385. The highest BCUT2D eigenvalue weighted by molar-refractivity contribution is 6.02. The highest BCUT2D eigenvalue weighted by Crippen LogP contribution is 2.35. The van der Waals surface area contributed by atoms with Gasteiger partial charge in [0.15, 0.2) is 0 Å². The molecule has 120 heavy (non-hydrogen) atoms. The Morgan fingerprint density at radius 3 is 1.15 bits per heavy atom. The molecule has 8 aromatic rings. The first-order valence-electron chi connectivity index (χ1n) is 36.7. The molecule has 4 saturated heterocycles. The molecule has 0 aromatic heterocycles. The van der Waals surface area contributed by atoms with E-state index in [0.29, 0.717) is 107 Å². The van der Waals surface area contributed by atoms with E-state index in [1.165, 1.54) is 75.4 Å². The van der Waals surface area contributed by atoms with Crippen LogP contribution in [-0.2, 0) is 0 Å². The van der Waals surface area contributed by atoms with Crippen molar-refractivity contribution in [3.05, 3.63) is 248 Å². The molecule has 0 unspecified atom stereocenters. The van der Waals surface area contributed by atoms with Gasteiger partial charge >= 0.3 is 24.1 Å². The smallest absolute Gasteiger partial charge is 0.322 e. The summed E-state index contributed by atoms with van der Waals surface area (Å²) in [6.07, 6.45) is 0. The zero-order chi connectivity index (χ0) is 87.2. The van der Waals surface area contributed by atoms with Crippen LogP contribution in [0.15, 0.2) is 152 Å². The van der Waals surface area contributed by atoms with E-state index in [2.05, 4.69) is 21.3 Å². The average Bonchev–Trinajstić information content (AvgIpc) is 0.812. The number of nitro benzene ring substituents is 4.